The van der Waals surface area contributed by atoms with Crippen molar-refractivity contribution in [1.82, 2.24) is 9.97 Å². The molecule has 1 saturated heterocycles. The third kappa shape index (κ3) is 4.36. The summed E-state index contributed by atoms with van der Waals surface area (Å²) >= 11 is 0. The molecule has 1 aliphatic heterocycles. The van der Waals surface area contributed by atoms with Crippen molar-refractivity contribution in [3.8, 4) is 5.75 Å². The van der Waals surface area contributed by atoms with Gasteiger partial charge in [0.1, 0.15) is 11.4 Å². The molecule has 1 atom stereocenters. The summed E-state index contributed by atoms with van der Waals surface area (Å²) in [6, 6.07) is 8.49. The molecule has 0 aliphatic carbocycles. The van der Waals surface area contributed by atoms with Crippen LogP contribution in [-0.4, -0.2) is 56.0 Å². The first-order valence-corrected chi connectivity index (χ1v) is 10.3. The van der Waals surface area contributed by atoms with Gasteiger partial charge in [0.2, 0.25) is 5.95 Å². The summed E-state index contributed by atoms with van der Waals surface area (Å²) in [4.78, 5) is 23.1. The maximum atomic E-state index is 12.7. The SMILES string of the molecule is COc1ccccc1NC(=O)c1cc(C)nc(N(C)C2CCS(=O)(=O)C2)n1. The number of para-hydroxylation sites is 2. The molecule has 144 valence electrons. The summed E-state index contributed by atoms with van der Waals surface area (Å²) < 4.78 is 28.7. The smallest absolute Gasteiger partial charge is 0.274 e. The van der Waals surface area contributed by atoms with E-state index in [1.54, 1.807) is 43.1 Å². The number of rotatable bonds is 5. The Bertz CT molecular complexity index is 962. The van der Waals surface area contributed by atoms with E-state index < -0.39 is 15.7 Å². The Morgan fingerprint density at radius 3 is 2.70 bits per heavy atom. The van der Waals surface area contributed by atoms with E-state index in [9.17, 15) is 13.2 Å². The van der Waals surface area contributed by atoms with Crippen LogP contribution in [0.1, 0.15) is 22.6 Å². The Labute approximate surface area is 158 Å². The number of ether oxygens (including phenoxy) is 1. The molecule has 0 saturated carbocycles. The second-order valence-corrected chi connectivity index (χ2v) is 8.75. The standard InChI is InChI=1S/C18H22N4O4S/c1-12-10-15(17(23)20-14-6-4-5-7-16(14)26-3)21-18(19-12)22(2)13-8-9-27(24,25)11-13/h4-7,10,13H,8-9,11H2,1-3H3,(H,20,23). The average Bonchev–Trinajstić information content (AvgIpc) is 3.00. The number of sulfone groups is 1. The minimum atomic E-state index is -3.02. The number of amides is 1. The van der Waals surface area contributed by atoms with Crippen LogP contribution in [0.5, 0.6) is 5.75 Å². The number of benzene rings is 1. The molecule has 1 N–H and O–H groups in total. The fourth-order valence-corrected chi connectivity index (χ4v) is 4.78. The molecule has 3 rings (SSSR count). The van der Waals surface area contributed by atoms with Gasteiger partial charge in [0.05, 0.1) is 24.3 Å². The van der Waals surface area contributed by atoms with Gasteiger partial charge < -0.3 is 15.0 Å². The summed E-state index contributed by atoms with van der Waals surface area (Å²) in [5, 5.41) is 2.79. The van der Waals surface area contributed by atoms with Gasteiger partial charge in [-0.25, -0.2) is 18.4 Å². The maximum absolute atomic E-state index is 12.7. The zero-order valence-corrected chi connectivity index (χ0v) is 16.3. The Hall–Kier alpha value is -2.68. The molecule has 2 heterocycles. The highest BCUT2D eigenvalue weighted by atomic mass is 32.2. The number of carbonyl (C=O) groups excluding carboxylic acids is 1. The number of hydrogen-bond donors (Lipinski definition) is 1. The number of nitrogens with zero attached hydrogens (tertiary/aromatic N) is 3. The van der Waals surface area contributed by atoms with Gasteiger partial charge >= 0.3 is 0 Å². The molecule has 0 radical (unpaired) electrons. The van der Waals surface area contributed by atoms with E-state index >= 15 is 0 Å². The highest BCUT2D eigenvalue weighted by Crippen LogP contribution is 2.24. The van der Waals surface area contributed by atoms with Crippen LogP contribution in [0.2, 0.25) is 0 Å². The quantitative estimate of drug-likeness (QED) is 0.828. The molecule has 27 heavy (non-hydrogen) atoms. The van der Waals surface area contributed by atoms with E-state index in [1.807, 2.05) is 6.07 Å². The van der Waals surface area contributed by atoms with E-state index in [1.165, 1.54) is 7.11 Å². The topological polar surface area (TPSA) is 101 Å². The highest BCUT2D eigenvalue weighted by Gasteiger charge is 2.32. The summed E-state index contributed by atoms with van der Waals surface area (Å²) in [7, 11) is 0.259. The molecule has 0 spiro atoms. The fourth-order valence-electron chi connectivity index (χ4n) is 3.01. The predicted octanol–water partition coefficient (Wildman–Crippen LogP) is 1.67. The molecule has 1 aromatic heterocycles. The van der Waals surface area contributed by atoms with Crippen LogP contribution in [0.15, 0.2) is 30.3 Å². The lowest BCUT2D eigenvalue weighted by molar-refractivity contribution is 0.102. The van der Waals surface area contributed by atoms with Crippen LogP contribution in [0, 0.1) is 6.92 Å². The summed E-state index contributed by atoms with van der Waals surface area (Å²) in [5.41, 5.74) is 1.37. The highest BCUT2D eigenvalue weighted by molar-refractivity contribution is 7.91. The molecule has 1 fully saturated rings. The molecule has 1 unspecified atom stereocenters. The van der Waals surface area contributed by atoms with Crippen LogP contribution in [0.3, 0.4) is 0 Å². The Kier molecular flexibility index (Phi) is 5.31. The largest absolute Gasteiger partial charge is 0.495 e. The van der Waals surface area contributed by atoms with Gasteiger partial charge in [-0.2, -0.15) is 0 Å². The summed E-state index contributed by atoms with van der Waals surface area (Å²) in [6.07, 6.45) is 0.527. The van der Waals surface area contributed by atoms with Gasteiger partial charge in [0.25, 0.3) is 5.91 Å². The predicted molar refractivity (Wildman–Crippen MR) is 103 cm³/mol. The van der Waals surface area contributed by atoms with E-state index in [2.05, 4.69) is 15.3 Å². The van der Waals surface area contributed by atoms with Crippen molar-refractivity contribution in [3.63, 3.8) is 0 Å². The van der Waals surface area contributed by atoms with Crippen molar-refractivity contribution in [3.05, 3.63) is 41.7 Å². The number of hydrogen-bond acceptors (Lipinski definition) is 7. The molecule has 2 aromatic rings. The van der Waals surface area contributed by atoms with Gasteiger partial charge in [-0.1, -0.05) is 12.1 Å². The van der Waals surface area contributed by atoms with E-state index in [0.717, 1.165) is 0 Å². The normalized spacial score (nSPS) is 18.1. The number of nitrogens with one attached hydrogen (secondary N) is 1. The van der Waals surface area contributed by atoms with Crippen LogP contribution >= 0.6 is 0 Å². The minimum Gasteiger partial charge on any atom is -0.495 e. The molecule has 8 nitrogen and oxygen atoms in total. The molecule has 9 heteroatoms. The number of carbonyl (C=O) groups is 1. The van der Waals surface area contributed by atoms with Gasteiger partial charge in [0.15, 0.2) is 9.84 Å². The summed E-state index contributed by atoms with van der Waals surface area (Å²) in [5.74, 6) is 0.726. The third-order valence-electron chi connectivity index (χ3n) is 4.50. The Balaban J connectivity index is 1.83. The second kappa shape index (κ2) is 7.51. The van der Waals surface area contributed by atoms with Gasteiger partial charge in [0, 0.05) is 18.8 Å². The first-order chi connectivity index (χ1) is 12.8. The van der Waals surface area contributed by atoms with E-state index in [0.29, 0.717) is 29.5 Å². The van der Waals surface area contributed by atoms with Crippen molar-refractivity contribution < 1.29 is 17.9 Å². The zero-order valence-electron chi connectivity index (χ0n) is 15.5. The Morgan fingerprint density at radius 2 is 2.04 bits per heavy atom. The van der Waals surface area contributed by atoms with E-state index in [4.69, 9.17) is 4.74 Å². The molecule has 0 bridgehead atoms. The first-order valence-electron chi connectivity index (χ1n) is 8.52. The van der Waals surface area contributed by atoms with Crippen molar-refractivity contribution in [2.45, 2.75) is 19.4 Å². The van der Waals surface area contributed by atoms with Gasteiger partial charge in [-0.05, 0) is 31.5 Å². The van der Waals surface area contributed by atoms with Crippen LogP contribution in [0.4, 0.5) is 11.6 Å². The lowest BCUT2D eigenvalue weighted by Gasteiger charge is -2.23. The molecule has 1 aliphatic rings. The molecular weight excluding hydrogens is 368 g/mol. The molecule has 1 aromatic carbocycles. The number of methoxy groups -OCH3 is 1. The molecular formula is C18H22N4O4S. The average molecular weight is 390 g/mol. The maximum Gasteiger partial charge on any atom is 0.274 e. The van der Waals surface area contributed by atoms with Crippen molar-refractivity contribution >= 4 is 27.4 Å². The first kappa shape index (κ1) is 19.1. The lowest BCUT2D eigenvalue weighted by atomic mass is 10.2. The Morgan fingerprint density at radius 1 is 1.30 bits per heavy atom. The van der Waals surface area contributed by atoms with Crippen molar-refractivity contribution in [1.29, 1.82) is 0 Å². The monoisotopic (exact) mass is 390 g/mol. The fraction of sp³-hybridized carbons (Fsp3) is 0.389. The van der Waals surface area contributed by atoms with Crippen LogP contribution in [-0.2, 0) is 9.84 Å². The van der Waals surface area contributed by atoms with Crippen LogP contribution in [0.25, 0.3) is 0 Å². The summed E-state index contributed by atoms with van der Waals surface area (Å²) in [6.45, 7) is 1.77. The number of aromatic nitrogens is 2. The van der Waals surface area contributed by atoms with E-state index in [-0.39, 0.29) is 23.2 Å². The van der Waals surface area contributed by atoms with Gasteiger partial charge in [-0.3, -0.25) is 4.79 Å². The molecule has 1 amide bonds. The zero-order chi connectivity index (χ0) is 19.6. The number of anilines is 2. The van der Waals surface area contributed by atoms with Crippen molar-refractivity contribution in [2.75, 3.05) is 35.9 Å². The number of aryl methyl sites for hydroxylation is 1. The second-order valence-electron chi connectivity index (χ2n) is 6.52. The van der Waals surface area contributed by atoms with Crippen molar-refractivity contribution in [2.24, 2.45) is 0 Å². The third-order valence-corrected chi connectivity index (χ3v) is 6.25. The van der Waals surface area contributed by atoms with Crippen LogP contribution < -0.4 is 15.0 Å². The van der Waals surface area contributed by atoms with Gasteiger partial charge in [-0.15, -0.1) is 0 Å². The minimum absolute atomic E-state index is 0.0730. The lowest BCUT2D eigenvalue weighted by Crippen LogP contribution is -2.34.